The van der Waals surface area contributed by atoms with E-state index in [-0.39, 0.29) is 0 Å². The van der Waals surface area contributed by atoms with E-state index < -0.39 is 6.10 Å². The van der Waals surface area contributed by atoms with E-state index in [2.05, 4.69) is 0 Å². The molecule has 2 aromatic carbocycles. The molecule has 0 aliphatic carbocycles. The minimum Gasteiger partial charge on any atom is -0.497 e. The maximum absolute atomic E-state index is 9.43. The lowest BCUT2D eigenvalue weighted by Gasteiger charge is -2.09. The average Bonchev–Trinajstić information content (AvgIpc) is 2.46. The fraction of sp³-hybridized carbons (Fsp3) is 0.250. The lowest BCUT2D eigenvalue weighted by Crippen LogP contribution is -1.97. The summed E-state index contributed by atoms with van der Waals surface area (Å²) in [4.78, 5) is 0. The van der Waals surface area contributed by atoms with Crippen LogP contribution in [0.25, 0.3) is 0 Å². The molecule has 3 nitrogen and oxygen atoms in total. The van der Waals surface area contributed by atoms with Crippen molar-refractivity contribution in [2.75, 3.05) is 7.11 Å². The zero-order valence-electron chi connectivity index (χ0n) is 11.2. The van der Waals surface area contributed by atoms with Crippen LogP contribution >= 0.6 is 0 Å². The predicted molar refractivity (Wildman–Crippen MR) is 74.4 cm³/mol. The molecule has 2 aromatic rings. The molecule has 0 aliphatic rings. The van der Waals surface area contributed by atoms with Crippen molar-refractivity contribution in [1.29, 1.82) is 0 Å². The molecule has 0 saturated carbocycles. The molecule has 3 heteroatoms. The van der Waals surface area contributed by atoms with Crippen molar-refractivity contribution < 1.29 is 14.6 Å². The zero-order chi connectivity index (χ0) is 13.7. The van der Waals surface area contributed by atoms with Crippen molar-refractivity contribution in [2.45, 2.75) is 19.6 Å². The van der Waals surface area contributed by atoms with Crippen molar-refractivity contribution in [3.8, 4) is 11.5 Å². The third-order valence-electron chi connectivity index (χ3n) is 2.90. The third kappa shape index (κ3) is 3.73. The van der Waals surface area contributed by atoms with Gasteiger partial charge < -0.3 is 14.6 Å². The van der Waals surface area contributed by atoms with Gasteiger partial charge in [-0.1, -0.05) is 24.3 Å². The second-order valence-electron chi connectivity index (χ2n) is 4.39. The van der Waals surface area contributed by atoms with Gasteiger partial charge in [0.15, 0.2) is 0 Å². The Morgan fingerprint density at radius 2 is 1.79 bits per heavy atom. The lowest BCUT2D eigenvalue weighted by molar-refractivity contribution is 0.199. The lowest BCUT2D eigenvalue weighted by atomic mass is 10.1. The Bertz CT molecular complexity index is 518. The highest BCUT2D eigenvalue weighted by Gasteiger charge is 2.01. The number of hydrogen-bond acceptors (Lipinski definition) is 3. The predicted octanol–water partition coefficient (Wildman–Crippen LogP) is 3.33. The number of benzene rings is 2. The van der Waals surface area contributed by atoms with Gasteiger partial charge in [-0.25, -0.2) is 0 Å². The quantitative estimate of drug-likeness (QED) is 0.894. The smallest absolute Gasteiger partial charge is 0.119 e. The van der Waals surface area contributed by atoms with Crippen LogP contribution in [0, 0.1) is 0 Å². The molecule has 0 fully saturated rings. The minimum absolute atomic E-state index is 0.451. The Labute approximate surface area is 113 Å². The van der Waals surface area contributed by atoms with Crippen LogP contribution in [0.4, 0.5) is 0 Å². The molecule has 0 bridgehead atoms. The van der Waals surface area contributed by atoms with Crippen molar-refractivity contribution in [3.05, 3.63) is 59.7 Å². The summed E-state index contributed by atoms with van der Waals surface area (Å²) >= 11 is 0. The summed E-state index contributed by atoms with van der Waals surface area (Å²) in [6.07, 6.45) is -0.451. The van der Waals surface area contributed by atoms with E-state index in [0.717, 1.165) is 22.6 Å². The zero-order valence-corrected chi connectivity index (χ0v) is 11.2. The van der Waals surface area contributed by atoms with Crippen LogP contribution in [0.2, 0.25) is 0 Å². The van der Waals surface area contributed by atoms with Gasteiger partial charge >= 0.3 is 0 Å². The van der Waals surface area contributed by atoms with Crippen LogP contribution in [0.3, 0.4) is 0 Å². The molecule has 0 amide bonds. The molecular formula is C16H18O3. The minimum atomic E-state index is -0.451. The first-order valence-electron chi connectivity index (χ1n) is 6.23. The number of hydrogen-bond donors (Lipinski definition) is 1. The van der Waals surface area contributed by atoms with Gasteiger partial charge in [-0.15, -0.1) is 0 Å². The largest absolute Gasteiger partial charge is 0.497 e. The SMILES string of the molecule is COc1cccc(COc2ccc(C(C)O)cc2)c1. The number of aliphatic hydroxyl groups excluding tert-OH is 1. The summed E-state index contributed by atoms with van der Waals surface area (Å²) in [6.45, 7) is 2.23. The van der Waals surface area contributed by atoms with Gasteiger partial charge in [0.1, 0.15) is 18.1 Å². The number of aliphatic hydroxyl groups is 1. The standard InChI is InChI=1S/C16H18O3/c1-12(17)14-6-8-15(9-7-14)19-11-13-4-3-5-16(10-13)18-2/h3-10,12,17H,11H2,1-2H3. The Morgan fingerprint density at radius 3 is 2.42 bits per heavy atom. The fourth-order valence-corrected chi connectivity index (χ4v) is 1.77. The molecule has 1 atom stereocenters. The Balaban J connectivity index is 1.98. The van der Waals surface area contributed by atoms with Crippen LogP contribution < -0.4 is 9.47 Å². The number of rotatable bonds is 5. The van der Waals surface area contributed by atoms with Gasteiger partial charge in [0.05, 0.1) is 13.2 Å². The Morgan fingerprint density at radius 1 is 1.05 bits per heavy atom. The van der Waals surface area contributed by atoms with E-state index in [0.29, 0.717) is 6.61 Å². The fourth-order valence-electron chi connectivity index (χ4n) is 1.77. The Kier molecular flexibility index (Phi) is 4.42. The van der Waals surface area contributed by atoms with Crippen LogP contribution in [0.15, 0.2) is 48.5 Å². The maximum atomic E-state index is 9.43. The molecule has 100 valence electrons. The number of methoxy groups -OCH3 is 1. The monoisotopic (exact) mass is 258 g/mol. The summed E-state index contributed by atoms with van der Waals surface area (Å²) in [5.41, 5.74) is 1.94. The van der Waals surface area contributed by atoms with Gasteiger partial charge in [0, 0.05) is 0 Å². The van der Waals surface area contributed by atoms with Gasteiger partial charge in [-0.05, 0) is 42.3 Å². The molecule has 2 rings (SSSR count). The van der Waals surface area contributed by atoms with Gasteiger partial charge in [-0.2, -0.15) is 0 Å². The van der Waals surface area contributed by atoms with E-state index in [1.807, 2.05) is 48.5 Å². The molecule has 0 radical (unpaired) electrons. The summed E-state index contributed by atoms with van der Waals surface area (Å²) < 4.78 is 10.9. The summed E-state index contributed by atoms with van der Waals surface area (Å²) in [6, 6.07) is 15.2. The molecule has 0 saturated heterocycles. The highest BCUT2D eigenvalue weighted by atomic mass is 16.5. The van der Waals surface area contributed by atoms with E-state index in [9.17, 15) is 5.11 Å². The maximum Gasteiger partial charge on any atom is 0.119 e. The molecule has 1 unspecified atom stereocenters. The van der Waals surface area contributed by atoms with E-state index in [1.54, 1.807) is 14.0 Å². The topological polar surface area (TPSA) is 38.7 Å². The van der Waals surface area contributed by atoms with Crippen molar-refractivity contribution in [3.63, 3.8) is 0 Å². The van der Waals surface area contributed by atoms with Crippen LogP contribution in [-0.4, -0.2) is 12.2 Å². The van der Waals surface area contributed by atoms with E-state index in [4.69, 9.17) is 9.47 Å². The first-order chi connectivity index (χ1) is 9.19. The summed E-state index contributed by atoms with van der Waals surface area (Å²) in [5.74, 6) is 1.61. The molecular weight excluding hydrogens is 240 g/mol. The van der Waals surface area contributed by atoms with Gasteiger partial charge in [0.25, 0.3) is 0 Å². The summed E-state index contributed by atoms with van der Waals surface area (Å²) in [5, 5.41) is 9.43. The molecule has 0 aliphatic heterocycles. The Hall–Kier alpha value is -2.00. The average molecular weight is 258 g/mol. The van der Waals surface area contributed by atoms with Gasteiger partial charge in [-0.3, -0.25) is 0 Å². The second kappa shape index (κ2) is 6.25. The third-order valence-corrected chi connectivity index (χ3v) is 2.90. The molecule has 0 heterocycles. The van der Waals surface area contributed by atoms with Crippen molar-refractivity contribution in [1.82, 2.24) is 0 Å². The van der Waals surface area contributed by atoms with Crippen molar-refractivity contribution >= 4 is 0 Å². The molecule has 1 N–H and O–H groups in total. The highest BCUT2D eigenvalue weighted by Crippen LogP contribution is 2.19. The van der Waals surface area contributed by atoms with Gasteiger partial charge in [0.2, 0.25) is 0 Å². The van der Waals surface area contributed by atoms with Crippen molar-refractivity contribution in [2.24, 2.45) is 0 Å². The number of ether oxygens (including phenoxy) is 2. The normalized spacial score (nSPS) is 11.9. The summed E-state index contributed by atoms with van der Waals surface area (Å²) in [7, 11) is 1.65. The first-order valence-corrected chi connectivity index (χ1v) is 6.23. The molecule has 0 spiro atoms. The molecule has 0 aromatic heterocycles. The van der Waals surface area contributed by atoms with Crippen LogP contribution in [-0.2, 0) is 6.61 Å². The second-order valence-corrected chi connectivity index (χ2v) is 4.39. The van der Waals surface area contributed by atoms with Crippen LogP contribution in [0.5, 0.6) is 11.5 Å². The highest BCUT2D eigenvalue weighted by molar-refractivity contribution is 5.30. The molecule has 19 heavy (non-hydrogen) atoms. The van der Waals surface area contributed by atoms with E-state index in [1.165, 1.54) is 0 Å². The van der Waals surface area contributed by atoms with Crippen LogP contribution in [0.1, 0.15) is 24.2 Å². The van der Waals surface area contributed by atoms with E-state index >= 15 is 0 Å². The first kappa shape index (κ1) is 13.4.